The number of piperidine rings is 1. The number of fused-ring (bicyclic) bond motifs is 2. The van der Waals surface area contributed by atoms with E-state index < -0.39 is 11.6 Å². The van der Waals surface area contributed by atoms with Gasteiger partial charge in [0.1, 0.15) is 13.2 Å². The maximum Gasteiger partial charge on any atom is 0.410 e. The van der Waals surface area contributed by atoms with Crippen molar-refractivity contribution in [1.29, 1.82) is 0 Å². The van der Waals surface area contributed by atoms with Crippen molar-refractivity contribution in [2.45, 2.75) is 31.7 Å². The molecule has 9 nitrogen and oxygen atoms in total. The lowest BCUT2D eigenvalue weighted by Gasteiger charge is -2.50. The van der Waals surface area contributed by atoms with Crippen LogP contribution in [-0.2, 0) is 26.3 Å². The zero-order chi connectivity index (χ0) is 18.3. The number of imidazole rings is 1. The van der Waals surface area contributed by atoms with E-state index in [2.05, 4.69) is 9.97 Å². The zero-order valence-electron chi connectivity index (χ0n) is 14.9. The zero-order valence-corrected chi connectivity index (χ0v) is 14.9. The van der Waals surface area contributed by atoms with Crippen molar-refractivity contribution in [2.75, 3.05) is 39.3 Å². The Balaban J connectivity index is 1.48. The number of ether oxygens (including phenoxy) is 1. The van der Waals surface area contributed by atoms with Gasteiger partial charge >= 0.3 is 6.09 Å². The number of H-pyrrole nitrogens is 1. The van der Waals surface area contributed by atoms with E-state index in [4.69, 9.17) is 4.74 Å². The van der Waals surface area contributed by atoms with Crippen LogP contribution in [0.1, 0.15) is 31.2 Å². The summed E-state index contributed by atoms with van der Waals surface area (Å²) >= 11 is 0. The number of likely N-dealkylation sites (tertiary alicyclic amines) is 1. The second kappa shape index (κ2) is 6.30. The largest absolute Gasteiger partial charge is 0.448 e. The summed E-state index contributed by atoms with van der Waals surface area (Å²) in [5.41, 5.74) is 1.58. The number of aromatic nitrogens is 2. The van der Waals surface area contributed by atoms with Crippen LogP contribution in [0.4, 0.5) is 4.79 Å². The molecule has 0 atom stereocenters. The van der Waals surface area contributed by atoms with E-state index >= 15 is 0 Å². The maximum atomic E-state index is 12.6. The van der Waals surface area contributed by atoms with Crippen molar-refractivity contribution < 1.29 is 19.1 Å². The van der Waals surface area contributed by atoms with Gasteiger partial charge in [0.05, 0.1) is 24.1 Å². The Morgan fingerprint density at radius 1 is 1.27 bits per heavy atom. The van der Waals surface area contributed by atoms with Gasteiger partial charge in [-0.15, -0.1) is 0 Å². The third kappa shape index (κ3) is 2.62. The first-order valence-corrected chi connectivity index (χ1v) is 9.02. The monoisotopic (exact) mass is 361 g/mol. The molecule has 1 spiro atoms. The summed E-state index contributed by atoms with van der Waals surface area (Å²) in [6, 6.07) is 0. The second-order valence-electron chi connectivity index (χ2n) is 7.10. The Labute approximate surface area is 151 Å². The van der Waals surface area contributed by atoms with Crippen LogP contribution < -0.4 is 0 Å². The van der Waals surface area contributed by atoms with Gasteiger partial charge in [0.25, 0.3) is 0 Å². The van der Waals surface area contributed by atoms with Crippen LogP contribution >= 0.6 is 0 Å². The molecule has 0 aromatic carbocycles. The van der Waals surface area contributed by atoms with Gasteiger partial charge in [-0.25, -0.2) is 9.78 Å². The molecule has 0 bridgehead atoms. The van der Waals surface area contributed by atoms with Crippen LogP contribution in [0.25, 0.3) is 0 Å². The Hall–Kier alpha value is -2.58. The van der Waals surface area contributed by atoms with E-state index in [9.17, 15) is 14.4 Å². The number of rotatable bonds is 2. The molecular formula is C17H23N5O4. The molecule has 2 saturated heterocycles. The minimum atomic E-state index is -0.442. The number of carbonyl (C=O) groups is 3. The number of hydrogen-bond donors (Lipinski definition) is 1. The first-order valence-electron chi connectivity index (χ1n) is 9.02. The second-order valence-corrected chi connectivity index (χ2v) is 7.10. The molecule has 1 aromatic rings. The van der Waals surface area contributed by atoms with Crippen molar-refractivity contribution in [2.24, 2.45) is 0 Å². The lowest BCUT2D eigenvalue weighted by molar-refractivity contribution is -0.142. The molecule has 4 rings (SSSR count). The molecule has 3 aliphatic heterocycles. The van der Waals surface area contributed by atoms with Gasteiger partial charge in [-0.05, 0) is 12.8 Å². The maximum absolute atomic E-state index is 12.6. The van der Waals surface area contributed by atoms with E-state index in [-0.39, 0.29) is 18.4 Å². The summed E-state index contributed by atoms with van der Waals surface area (Å²) in [5.74, 6) is -0.0376. The van der Waals surface area contributed by atoms with Crippen molar-refractivity contribution in [3.8, 4) is 0 Å². The molecule has 26 heavy (non-hydrogen) atoms. The highest BCUT2D eigenvalue weighted by molar-refractivity contribution is 5.83. The SMILES string of the molecule is CC(=O)N1CCc2[nH]cnc2C12CCN(C(=O)CN1CCOC1=O)CC2. The van der Waals surface area contributed by atoms with Crippen LogP contribution in [-0.4, -0.2) is 81.9 Å². The summed E-state index contributed by atoms with van der Waals surface area (Å²) in [6.07, 6.45) is 3.34. The number of cyclic esters (lactones) is 1. The van der Waals surface area contributed by atoms with Crippen LogP contribution in [0.2, 0.25) is 0 Å². The average Bonchev–Trinajstić information content (AvgIpc) is 3.25. The standard InChI is InChI=1S/C17H23N5O4/c1-12(23)22-5-2-13-15(19-11-18-13)17(22)3-6-20(7-4-17)14(24)10-21-8-9-26-16(21)25/h11H,2-10H2,1H3,(H,18,19). The van der Waals surface area contributed by atoms with Crippen LogP contribution in [0.5, 0.6) is 0 Å². The van der Waals surface area contributed by atoms with E-state index in [1.165, 1.54) is 4.90 Å². The summed E-state index contributed by atoms with van der Waals surface area (Å²) in [7, 11) is 0. The quantitative estimate of drug-likeness (QED) is 0.805. The Kier molecular flexibility index (Phi) is 4.08. The van der Waals surface area contributed by atoms with Gasteiger partial charge in [0, 0.05) is 38.7 Å². The molecule has 1 N–H and O–H groups in total. The molecular weight excluding hydrogens is 338 g/mol. The fraction of sp³-hybridized carbons (Fsp3) is 0.647. The fourth-order valence-corrected chi connectivity index (χ4v) is 4.40. The molecule has 0 saturated carbocycles. The average molecular weight is 361 g/mol. The van der Waals surface area contributed by atoms with Crippen LogP contribution in [0.3, 0.4) is 0 Å². The number of nitrogens with one attached hydrogen (secondary N) is 1. The summed E-state index contributed by atoms with van der Waals surface area (Å²) < 4.78 is 4.87. The molecule has 3 aliphatic rings. The van der Waals surface area contributed by atoms with E-state index in [1.54, 1.807) is 18.2 Å². The third-order valence-electron chi connectivity index (χ3n) is 5.76. The third-order valence-corrected chi connectivity index (χ3v) is 5.76. The predicted octanol–water partition coefficient (Wildman–Crippen LogP) is 0.0842. The molecule has 9 heteroatoms. The predicted molar refractivity (Wildman–Crippen MR) is 90.1 cm³/mol. The first kappa shape index (κ1) is 16.9. The van der Waals surface area contributed by atoms with Gasteiger partial charge in [-0.2, -0.15) is 0 Å². The Morgan fingerprint density at radius 3 is 2.69 bits per heavy atom. The highest BCUT2D eigenvalue weighted by Crippen LogP contribution is 2.42. The number of nitrogens with zero attached hydrogens (tertiary/aromatic N) is 4. The van der Waals surface area contributed by atoms with Gasteiger partial charge in [0.2, 0.25) is 11.8 Å². The Bertz CT molecular complexity index is 737. The Morgan fingerprint density at radius 2 is 2.04 bits per heavy atom. The van der Waals surface area contributed by atoms with Gasteiger partial charge in [0.15, 0.2) is 0 Å². The molecule has 0 unspecified atom stereocenters. The van der Waals surface area contributed by atoms with E-state index in [1.807, 2.05) is 4.90 Å². The summed E-state index contributed by atoms with van der Waals surface area (Å²) in [5, 5.41) is 0. The van der Waals surface area contributed by atoms with Gasteiger partial charge < -0.3 is 19.5 Å². The first-order chi connectivity index (χ1) is 12.5. The van der Waals surface area contributed by atoms with E-state index in [0.29, 0.717) is 45.6 Å². The van der Waals surface area contributed by atoms with Crippen LogP contribution in [0.15, 0.2) is 6.33 Å². The lowest BCUT2D eigenvalue weighted by atomic mass is 9.78. The van der Waals surface area contributed by atoms with Gasteiger partial charge in [-0.3, -0.25) is 14.5 Å². The van der Waals surface area contributed by atoms with Crippen molar-refractivity contribution in [3.05, 3.63) is 17.7 Å². The van der Waals surface area contributed by atoms with Crippen molar-refractivity contribution in [3.63, 3.8) is 0 Å². The number of aromatic amines is 1. The molecule has 3 amide bonds. The topological polar surface area (TPSA) is 98.8 Å². The highest BCUT2D eigenvalue weighted by Gasteiger charge is 2.48. The number of amides is 3. The lowest BCUT2D eigenvalue weighted by Crippen LogP contribution is -2.59. The number of hydrogen-bond acceptors (Lipinski definition) is 5. The minimum Gasteiger partial charge on any atom is -0.448 e. The number of carbonyl (C=O) groups excluding carboxylic acids is 3. The normalized spacial score (nSPS) is 21.7. The van der Waals surface area contributed by atoms with E-state index in [0.717, 1.165) is 17.8 Å². The molecule has 0 aliphatic carbocycles. The summed E-state index contributed by atoms with van der Waals surface area (Å²) in [6.45, 7) is 4.18. The van der Waals surface area contributed by atoms with Crippen LogP contribution in [0, 0.1) is 0 Å². The minimum absolute atomic E-state index is 0.0400. The molecule has 140 valence electrons. The summed E-state index contributed by atoms with van der Waals surface area (Å²) in [4.78, 5) is 49.1. The van der Waals surface area contributed by atoms with Gasteiger partial charge in [-0.1, -0.05) is 0 Å². The van der Waals surface area contributed by atoms with Crippen molar-refractivity contribution in [1.82, 2.24) is 24.7 Å². The molecule has 4 heterocycles. The molecule has 2 fully saturated rings. The fourth-order valence-electron chi connectivity index (χ4n) is 4.40. The van der Waals surface area contributed by atoms with Crippen molar-refractivity contribution >= 4 is 17.9 Å². The molecule has 0 radical (unpaired) electrons. The molecule has 1 aromatic heterocycles. The smallest absolute Gasteiger partial charge is 0.410 e. The highest BCUT2D eigenvalue weighted by atomic mass is 16.6.